The van der Waals surface area contributed by atoms with Crippen molar-refractivity contribution < 1.29 is 24.2 Å². The lowest BCUT2D eigenvalue weighted by Gasteiger charge is -2.38. The van der Waals surface area contributed by atoms with Crippen LogP contribution >= 0.6 is 0 Å². The van der Waals surface area contributed by atoms with E-state index in [2.05, 4.69) is 0 Å². The Bertz CT molecular complexity index is 829. The van der Waals surface area contributed by atoms with Crippen LogP contribution in [0.1, 0.15) is 24.0 Å². The van der Waals surface area contributed by atoms with Crippen LogP contribution in [-0.2, 0) is 22.7 Å². The summed E-state index contributed by atoms with van der Waals surface area (Å²) in [4.78, 5) is 25.4. The van der Waals surface area contributed by atoms with E-state index in [0.29, 0.717) is 12.8 Å². The number of benzene rings is 2. The third-order valence-corrected chi connectivity index (χ3v) is 5.15. The molecular weight excluding hydrogens is 360 g/mol. The normalized spacial score (nSPS) is 23.0. The zero-order chi connectivity index (χ0) is 19.5. The summed E-state index contributed by atoms with van der Waals surface area (Å²) in [6.07, 6.45) is -1.01. The van der Waals surface area contributed by atoms with Crippen LogP contribution in [-0.4, -0.2) is 45.5 Å². The molecule has 7 nitrogen and oxygen atoms in total. The smallest absolute Gasteiger partial charge is 0.429 e. The van der Waals surface area contributed by atoms with Gasteiger partial charge in [0, 0.05) is 0 Å². The second-order valence-corrected chi connectivity index (χ2v) is 7.03. The van der Waals surface area contributed by atoms with E-state index in [9.17, 15) is 14.7 Å². The number of hydrogen-bond acceptors (Lipinski definition) is 5. The molecule has 1 aliphatic heterocycles. The van der Waals surface area contributed by atoms with Crippen LogP contribution in [0.2, 0.25) is 0 Å². The number of rotatable bonds is 4. The highest BCUT2D eigenvalue weighted by atomic mass is 16.6. The average molecular weight is 382 g/mol. The number of carbonyl (C=O) groups is 2. The maximum absolute atomic E-state index is 12.7. The van der Waals surface area contributed by atoms with Gasteiger partial charge < -0.3 is 14.6 Å². The molecule has 0 radical (unpaired) electrons. The summed E-state index contributed by atoms with van der Waals surface area (Å²) in [5, 5.41) is 12.7. The van der Waals surface area contributed by atoms with Gasteiger partial charge in [0.2, 0.25) is 0 Å². The number of amides is 2. The SMILES string of the molecule is O=C(OCc1ccccc1)N1[C@H]2C[C@H](O)[C@H](C2)N1C(=O)OCc1ccccc1. The van der Waals surface area contributed by atoms with Gasteiger partial charge in [-0.05, 0) is 24.0 Å². The molecule has 28 heavy (non-hydrogen) atoms. The molecule has 1 saturated carbocycles. The van der Waals surface area contributed by atoms with Gasteiger partial charge in [0.05, 0.1) is 18.2 Å². The molecule has 2 fully saturated rings. The first-order chi connectivity index (χ1) is 13.6. The first-order valence-corrected chi connectivity index (χ1v) is 9.31. The molecule has 1 heterocycles. The molecule has 0 aromatic heterocycles. The number of hydrogen-bond donors (Lipinski definition) is 1. The summed E-state index contributed by atoms with van der Waals surface area (Å²) < 4.78 is 10.8. The highest BCUT2D eigenvalue weighted by Crippen LogP contribution is 2.39. The minimum Gasteiger partial charge on any atom is -0.443 e. The minimum absolute atomic E-state index is 0.0938. The lowest BCUT2D eigenvalue weighted by molar-refractivity contribution is -0.0767. The minimum atomic E-state index is -0.674. The summed E-state index contributed by atoms with van der Waals surface area (Å²) in [5.74, 6) is 0. The summed E-state index contributed by atoms with van der Waals surface area (Å²) in [6, 6.07) is 17.9. The fourth-order valence-corrected chi connectivity index (χ4v) is 3.80. The Balaban J connectivity index is 1.42. The van der Waals surface area contributed by atoms with Crippen molar-refractivity contribution in [2.75, 3.05) is 0 Å². The summed E-state index contributed by atoms with van der Waals surface area (Å²) in [7, 11) is 0. The van der Waals surface area contributed by atoms with Crippen molar-refractivity contribution in [3.8, 4) is 0 Å². The number of hydrazine groups is 1. The van der Waals surface area contributed by atoms with Crippen molar-refractivity contribution in [2.45, 2.75) is 44.2 Å². The zero-order valence-electron chi connectivity index (χ0n) is 15.3. The van der Waals surface area contributed by atoms with Gasteiger partial charge >= 0.3 is 12.2 Å². The fraction of sp³-hybridized carbons (Fsp3) is 0.333. The maximum Gasteiger partial charge on any atom is 0.429 e. The Labute approximate surface area is 163 Å². The summed E-state index contributed by atoms with van der Waals surface area (Å²) >= 11 is 0. The van der Waals surface area contributed by atoms with Gasteiger partial charge in [-0.25, -0.2) is 19.6 Å². The highest BCUT2D eigenvalue weighted by Gasteiger charge is 2.55. The van der Waals surface area contributed by atoms with Crippen molar-refractivity contribution in [2.24, 2.45) is 0 Å². The molecule has 2 amide bonds. The Hall–Kier alpha value is -3.06. The molecule has 1 saturated heterocycles. The standard InChI is InChI=1S/C21H22N2O5/c24-19-12-17-11-18(19)23(21(26)28-14-16-9-5-2-6-10-16)22(17)20(25)27-13-15-7-3-1-4-8-15/h1-10,17-19,24H,11-14H2/t17-,18+,19+/m1/s1. The van der Waals surface area contributed by atoms with E-state index in [0.717, 1.165) is 11.1 Å². The number of fused-ring (bicyclic) bond motifs is 2. The largest absolute Gasteiger partial charge is 0.443 e. The predicted molar refractivity (Wildman–Crippen MR) is 99.7 cm³/mol. The number of aliphatic hydroxyl groups is 1. The van der Waals surface area contributed by atoms with Crippen molar-refractivity contribution >= 4 is 12.2 Å². The number of nitrogens with zero attached hydrogens (tertiary/aromatic N) is 2. The molecule has 1 aliphatic carbocycles. The van der Waals surface area contributed by atoms with Crippen LogP contribution in [0.3, 0.4) is 0 Å². The third-order valence-electron chi connectivity index (χ3n) is 5.15. The topological polar surface area (TPSA) is 79.3 Å². The van der Waals surface area contributed by atoms with Gasteiger partial charge in [-0.2, -0.15) is 0 Å². The van der Waals surface area contributed by atoms with Gasteiger partial charge in [-0.3, -0.25) is 0 Å². The second kappa shape index (κ2) is 7.90. The van der Waals surface area contributed by atoms with E-state index in [-0.39, 0.29) is 19.3 Å². The highest BCUT2D eigenvalue weighted by molar-refractivity contribution is 5.76. The van der Waals surface area contributed by atoms with Crippen molar-refractivity contribution in [3.63, 3.8) is 0 Å². The fourth-order valence-electron chi connectivity index (χ4n) is 3.80. The monoisotopic (exact) mass is 382 g/mol. The van der Waals surface area contributed by atoms with Gasteiger partial charge in [0.25, 0.3) is 0 Å². The van der Waals surface area contributed by atoms with E-state index in [1.165, 1.54) is 10.0 Å². The Morgan fingerprint density at radius 2 is 1.32 bits per heavy atom. The van der Waals surface area contributed by atoms with Crippen LogP contribution in [0.15, 0.2) is 60.7 Å². The van der Waals surface area contributed by atoms with E-state index in [4.69, 9.17) is 9.47 Å². The Kier molecular flexibility index (Phi) is 5.16. The molecule has 2 bridgehead atoms. The number of aliphatic hydroxyl groups excluding tert-OH is 1. The molecule has 4 rings (SSSR count). The van der Waals surface area contributed by atoms with Gasteiger partial charge in [-0.15, -0.1) is 0 Å². The van der Waals surface area contributed by atoms with Gasteiger partial charge in [-0.1, -0.05) is 60.7 Å². The molecule has 2 aliphatic rings. The molecule has 3 atom stereocenters. The molecule has 0 spiro atoms. The van der Waals surface area contributed by atoms with Crippen LogP contribution in [0.5, 0.6) is 0 Å². The molecule has 2 aromatic rings. The summed E-state index contributed by atoms with van der Waals surface area (Å²) in [5.41, 5.74) is 1.71. The lowest BCUT2D eigenvalue weighted by Crippen LogP contribution is -2.57. The van der Waals surface area contributed by atoms with Gasteiger partial charge in [0.1, 0.15) is 13.2 Å². The Morgan fingerprint density at radius 3 is 1.86 bits per heavy atom. The van der Waals surface area contributed by atoms with Crippen molar-refractivity contribution in [1.29, 1.82) is 0 Å². The second-order valence-electron chi connectivity index (χ2n) is 7.03. The first kappa shape index (κ1) is 18.3. The van der Waals surface area contributed by atoms with E-state index in [1.54, 1.807) is 0 Å². The molecule has 146 valence electrons. The third kappa shape index (κ3) is 3.66. The lowest BCUT2D eigenvalue weighted by atomic mass is 10.2. The van der Waals surface area contributed by atoms with E-state index >= 15 is 0 Å². The molecule has 7 heteroatoms. The van der Waals surface area contributed by atoms with E-state index < -0.39 is 24.3 Å². The van der Waals surface area contributed by atoms with Crippen LogP contribution in [0.4, 0.5) is 9.59 Å². The van der Waals surface area contributed by atoms with Crippen molar-refractivity contribution in [1.82, 2.24) is 10.0 Å². The number of ether oxygens (including phenoxy) is 2. The quantitative estimate of drug-likeness (QED) is 0.879. The van der Waals surface area contributed by atoms with Crippen LogP contribution in [0, 0.1) is 0 Å². The Morgan fingerprint density at radius 1 is 0.821 bits per heavy atom. The van der Waals surface area contributed by atoms with Gasteiger partial charge in [0.15, 0.2) is 0 Å². The van der Waals surface area contributed by atoms with Crippen LogP contribution < -0.4 is 0 Å². The molecule has 0 unspecified atom stereocenters. The molecule has 1 N–H and O–H groups in total. The maximum atomic E-state index is 12.7. The van der Waals surface area contributed by atoms with Crippen molar-refractivity contribution in [3.05, 3.63) is 71.8 Å². The number of carbonyl (C=O) groups excluding carboxylic acids is 2. The van der Waals surface area contributed by atoms with Crippen LogP contribution in [0.25, 0.3) is 0 Å². The molecule has 2 aromatic carbocycles. The summed E-state index contributed by atoms with van der Waals surface area (Å²) in [6.45, 7) is 0.208. The zero-order valence-corrected chi connectivity index (χ0v) is 15.3. The average Bonchev–Trinajstić information content (AvgIpc) is 3.29. The first-order valence-electron chi connectivity index (χ1n) is 9.31. The van der Waals surface area contributed by atoms with E-state index in [1.807, 2.05) is 60.7 Å². The predicted octanol–water partition coefficient (Wildman–Crippen LogP) is 3.08. The molecular formula is C21H22N2O5.